The van der Waals surface area contributed by atoms with Crippen LogP contribution in [0.5, 0.6) is 0 Å². The normalized spacial score (nSPS) is 15.9. The second kappa shape index (κ2) is 9.98. The average Bonchev–Trinajstić information content (AvgIpc) is 2.74. The molecule has 0 radical (unpaired) electrons. The molecule has 1 aliphatic heterocycles. The molecule has 29 heavy (non-hydrogen) atoms. The van der Waals surface area contributed by atoms with E-state index in [2.05, 4.69) is 5.32 Å². The number of nitrogens with zero attached hydrogens (tertiary/aromatic N) is 1. The van der Waals surface area contributed by atoms with Crippen LogP contribution in [0.15, 0.2) is 54.6 Å². The van der Waals surface area contributed by atoms with Crippen LogP contribution in [0.4, 0.5) is 4.39 Å². The highest BCUT2D eigenvalue weighted by Gasteiger charge is 2.30. The van der Waals surface area contributed by atoms with Gasteiger partial charge in [0.2, 0.25) is 15.9 Å². The van der Waals surface area contributed by atoms with Crippen LogP contribution in [0.3, 0.4) is 0 Å². The van der Waals surface area contributed by atoms with Gasteiger partial charge in [0.15, 0.2) is 0 Å². The quantitative estimate of drug-likeness (QED) is 0.716. The zero-order valence-corrected chi connectivity index (χ0v) is 17.2. The summed E-state index contributed by atoms with van der Waals surface area (Å²) >= 11 is 0. The first-order chi connectivity index (χ1) is 13.9. The molecule has 0 aliphatic carbocycles. The van der Waals surface area contributed by atoms with E-state index >= 15 is 0 Å². The molecule has 0 unspecified atom stereocenters. The molecule has 1 fully saturated rings. The van der Waals surface area contributed by atoms with Crippen LogP contribution < -0.4 is 5.32 Å². The Morgan fingerprint density at radius 3 is 2.31 bits per heavy atom. The summed E-state index contributed by atoms with van der Waals surface area (Å²) in [6.45, 7) is 1.10. The first kappa shape index (κ1) is 21.5. The van der Waals surface area contributed by atoms with Crippen LogP contribution in [0, 0.1) is 11.7 Å². The zero-order valence-electron chi connectivity index (χ0n) is 16.4. The van der Waals surface area contributed by atoms with Crippen LogP contribution in [-0.4, -0.2) is 37.5 Å². The number of halogens is 1. The van der Waals surface area contributed by atoms with Gasteiger partial charge in [0.1, 0.15) is 5.82 Å². The van der Waals surface area contributed by atoms with Crippen molar-refractivity contribution in [3.8, 4) is 0 Å². The van der Waals surface area contributed by atoms with Crippen LogP contribution in [-0.2, 0) is 27.8 Å². The maximum atomic E-state index is 12.9. The SMILES string of the molecule is O=C(NCc1ccc(F)cc1)C1CCN(S(=O)(=O)CCCc2ccccc2)CC1. The first-order valence-electron chi connectivity index (χ1n) is 9.98. The van der Waals surface area contributed by atoms with E-state index in [0.29, 0.717) is 38.9 Å². The van der Waals surface area contributed by atoms with Gasteiger partial charge >= 0.3 is 0 Å². The predicted molar refractivity (Wildman–Crippen MR) is 111 cm³/mol. The molecule has 1 heterocycles. The Morgan fingerprint density at radius 1 is 1.00 bits per heavy atom. The van der Waals surface area contributed by atoms with E-state index in [0.717, 1.165) is 17.5 Å². The second-order valence-electron chi connectivity index (χ2n) is 7.42. The van der Waals surface area contributed by atoms with Crippen molar-refractivity contribution >= 4 is 15.9 Å². The predicted octanol–water partition coefficient (Wildman–Crippen LogP) is 3.12. The Hall–Kier alpha value is -2.25. The van der Waals surface area contributed by atoms with E-state index in [9.17, 15) is 17.6 Å². The monoisotopic (exact) mass is 418 g/mol. The molecular formula is C22H27FN2O3S. The highest BCUT2D eigenvalue weighted by molar-refractivity contribution is 7.89. The number of benzene rings is 2. The lowest BCUT2D eigenvalue weighted by atomic mass is 9.97. The summed E-state index contributed by atoms with van der Waals surface area (Å²) in [6.07, 6.45) is 2.37. The third-order valence-electron chi connectivity index (χ3n) is 5.31. The molecule has 5 nitrogen and oxygen atoms in total. The maximum absolute atomic E-state index is 12.9. The maximum Gasteiger partial charge on any atom is 0.223 e. The minimum absolute atomic E-state index is 0.0737. The molecule has 0 atom stereocenters. The Bertz CT molecular complexity index is 893. The smallest absolute Gasteiger partial charge is 0.223 e. The number of amides is 1. The van der Waals surface area contributed by atoms with Crippen molar-refractivity contribution in [2.45, 2.75) is 32.2 Å². The molecule has 1 amide bonds. The zero-order chi connectivity index (χ0) is 20.7. The molecule has 0 saturated carbocycles. The van der Waals surface area contributed by atoms with Crippen LogP contribution in [0.2, 0.25) is 0 Å². The molecule has 2 aromatic carbocycles. The number of sulfonamides is 1. The van der Waals surface area contributed by atoms with E-state index < -0.39 is 10.0 Å². The fourth-order valence-electron chi connectivity index (χ4n) is 3.56. The first-order valence-corrected chi connectivity index (χ1v) is 11.6. The largest absolute Gasteiger partial charge is 0.352 e. The van der Waals surface area contributed by atoms with Gasteiger partial charge in [-0.15, -0.1) is 0 Å². The minimum Gasteiger partial charge on any atom is -0.352 e. The Labute approximate surface area is 172 Å². The number of rotatable bonds is 8. The molecule has 0 bridgehead atoms. The molecule has 156 valence electrons. The summed E-state index contributed by atoms with van der Waals surface area (Å²) in [7, 11) is -3.30. The van der Waals surface area contributed by atoms with E-state index in [1.165, 1.54) is 16.4 Å². The van der Waals surface area contributed by atoms with Gasteiger partial charge in [-0.3, -0.25) is 4.79 Å². The summed E-state index contributed by atoms with van der Waals surface area (Å²) in [5, 5.41) is 2.86. The van der Waals surface area contributed by atoms with Crippen LogP contribution >= 0.6 is 0 Å². The molecule has 1 saturated heterocycles. The summed E-state index contributed by atoms with van der Waals surface area (Å²) in [4.78, 5) is 12.4. The van der Waals surface area contributed by atoms with E-state index in [4.69, 9.17) is 0 Å². The van der Waals surface area contributed by atoms with Crippen LogP contribution in [0.25, 0.3) is 0 Å². The van der Waals surface area contributed by atoms with E-state index in [1.54, 1.807) is 12.1 Å². The summed E-state index contributed by atoms with van der Waals surface area (Å²) in [5.41, 5.74) is 1.97. The van der Waals surface area contributed by atoms with Gasteiger partial charge < -0.3 is 5.32 Å². The molecule has 1 N–H and O–H groups in total. The molecular weight excluding hydrogens is 391 g/mol. The van der Waals surface area contributed by atoms with E-state index in [-0.39, 0.29) is 23.4 Å². The van der Waals surface area contributed by atoms with Gasteiger partial charge in [-0.2, -0.15) is 0 Å². The fourth-order valence-corrected chi connectivity index (χ4v) is 5.10. The number of hydrogen-bond acceptors (Lipinski definition) is 3. The summed E-state index contributed by atoms with van der Waals surface area (Å²) in [5.74, 6) is -0.442. The average molecular weight is 419 g/mol. The minimum atomic E-state index is -3.30. The number of carbonyl (C=O) groups excluding carboxylic acids is 1. The van der Waals surface area contributed by atoms with Crippen molar-refractivity contribution in [1.82, 2.24) is 9.62 Å². The third kappa shape index (κ3) is 6.37. The van der Waals surface area contributed by atoms with Crippen molar-refractivity contribution in [3.63, 3.8) is 0 Å². The van der Waals surface area contributed by atoms with Crippen molar-refractivity contribution in [2.75, 3.05) is 18.8 Å². The Balaban J connectivity index is 1.41. The summed E-state index contributed by atoms with van der Waals surface area (Å²) in [6, 6.07) is 15.9. The van der Waals surface area contributed by atoms with Crippen molar-refractivity contribution in [3.05, 3.63) is 71.5 Å². The molecule has 1 aliphatic rings. The standard InChI is InChI=1S/C22H27FN2O3S/c23-21-10-8-19(9-11-21)17-24-22(26)20-12-14-25(15-13-20)29(27,28)16-4-7-18-5-2-1-3-6-18/h1-3,5-6,8-11,20H,4,7,12-17H2,(H,24,26). The van der Waals surface area contributed by atoms with Crippen molar-refractivity contribution in [1.29, 1.82) is 0 Å². The molecule has 3 rings (SSSR count). The molecule has 7 heteroatoms. The number of carbonyl (C=O) groups is 1. The van der Waals surface area contributed by atoms with Gasteiger partial charge in [0, 0.05) is 25.6 Å². The number of aryl methyl sites for hydroxylation is 1. The highest BCUT2D eigenvalue weighted by Crippen LogP contribution is 2.21. The van der Waals surface area contributed by atoms with Gasteiger partial charge in [-0.05, 0) is 48.9 Å². The molecule has 0 aromatic heterocycles. The van der Waals surface area contributed by atoms with Gasteiger partial charge in [0.05, 0.1) is 5.75 Å². The van der Waals surface area contributed by atoms with Crippen LogP contribution in [0.1, 0.15) is 30.4 Å². The van der Waals surface area contributed by atoms with Gasteiger partial charge in [-0.1, -0.05) is 42.5 Å². The lowest BCUT2D eigenvalue weighted by Crippen LogP contribution is -2.43. The molecule has 0 spiro atoms. The third-order valence-corrected chi connectivity index (χ3v) is 7.27. The topological polar surface area (TPSA) is 66.5 Å². The number of nitrogens with one attached hydrogen (secondary N) is 1. The Kier molecular flexibility index (Phi) is 7.39. The van der Waals surface area contributed by atoms with Gasteiger partial charge in [0.25, 0.3) is 0 Å². The number of hydrogen-bond donors (Lipinski definition) is 1. The van der Waals surface area contributed by atoms with Crippen molar-refractivity contribution < 1.29 is 17.6 Å². The number of piperidine rings is 1. The lowest BCUT2D eigenvalue weighted by Gasteiger charge is -2.30. The summed E-state index contributed by atoms with van der Waals surface area (Å²) < 4.78 is 39.6. The fraction of sp³-hybridized carbons (Fsp3) is 0.409. The molecule has 2 aromatic rings. The second-order valence-corrected chi connectivity index (χ2v) is 9.51. The van der Waals surface area contributed by atoms with E-state index in [1.807, 2.05) is 30.3 Å². The Morgan fingerprint density at radius 2 is 1.66 bits per heavy atom. The highest BCUT2D eigenvalue weighted by atomic mass is 32.2. The van der Waals surface area contributed by atoms with Crippen molar-refractivity contribution in [2.24, 2.45) is 5.92 Å². The lowest BCUT2D eigenvalue weighted by molar-refractivity contribution is -0.126. The van der Waals surface area contributed by atoms with Gasteiger partial charge in [-0.25, -0.2) is 17.1 Å².